The zero-order valence-electron chi connectivity index (χ0n) is 12.0. The van der Waals surface area contributed by atoms with Gasteiger partial charge in [0.15, 0.2) is 0 Å². The van der Waals surface area contributed by atoms with Gasteiger partial charge in [-0.05, 0) is 24.1 Å². The average Bonchev–Trinajstić information content (AvgIpc) is 2.53. The standard InChI is InChI=1S/C14H22N2O2S2/c1-14(2)7-8-16(9-10-19-14)20(17,18)11-12-3-5-13(15)6-4-12/h3-6H,7-11,15H2,1-2H3. The maximum atomic E-state index is 12.5. The number of thioether (sulfide) groups is 1. The van der Waals surface area contributed by atoms with Gasteiger partial charge in [0.25, 0.3) is 0 Å². The molecule has 1 aliphatic rings. The molecule has 0 saturated carbocycles. The Morgan fingerprint density at radius 2 is 1.90 bits per heavy atom. The Bertz CT molecular complexity index is 553. The van der Waals surface area contributed by atoms with Crippen LogP contribution in [-0.4, -0.2) is 36.3 Å². The second kappa shape index (κ2) is 5.95. The van der Waals surface area contributed by atoms with Crippen LogP contribution in [0.4, 0.5) is 5.69 Å². The molecule has 2 rings (SSSR count). The van der Waals surface area contributed by atoms with Gasteiger partial charge in [0, 0.05) is 29.3 Å². The number of anilines is 1. The Morgan fingerprint density at radius 1 is 1.25 bits per heavy atom. The summed E-state index contributed by atoms with van der Waals surface area (Å²) >= 11 is 1.85. The molecule has 0 aliphatic carbocycles. The average molecular weight is 314 g/mol. The first-order valence-electron chi connectivity index (χ1n) is 6.75. The quantitative estimate of drug-likeness (QED) is 0.870. The van der Waals surface area contributed by atoms with Gasteiger partial charge in [-0.25, -0.2) is 12.7 Å². The summed E-state index contributed by atoms with van der Waals surface area (Å²) in [4.78, 5) is 0. The molecule has 20 heavy (non-hydrogen) atoms. The molecule has 0 amide bonds. The number of hydrogen-bond donors (Lipinski definition) is 1. The van der Waals surface area contributed by atoms with E-state index < -0.39 is 10.0 Å². The van der Waals surface area contributed by atoms with Crippen LogP contribution in [0.5, 0.6) is 0 Å². The summed E-state index contributed by atoms with van der Waals surface area (Å²) in [7, 11) is -3.24. The summed E-state index contributed by atoms with van der Waals surface area (Å²) < 4.78 is 26.8. The van der Waals surface area contributed by atoms with Gasteiger partial charge in [0.2, 0.25) is 10.0 Å². The van der Waals surface area contributed by atoms with Crippen LogP contribution in [0.2, 0.25) is 0 Å². The molecule has 1 heterocycles. The zero-order chi connectivity index (χ0) is 14.8. The van der Waals surface area contributed by atoms with E-state index in [4.69, 9.17) is 5.73 Å². The molecule has 0 aromatic heterocycles. The second-order valence-electron chi connectivity index (χ2n) is 5.76. The minimum Gasteiger partial charge on any atom is -0.399 e. The smallest absolute Gasteiger partial charge is 0.218 e. The zero-order valence-corrected chi connectivity index (χ0v) is 13.6. The Kier molecular flexibility index (Phi) is 4.66. The van der Waals surface area contributed by atoms with Crippen molar-refractivity contribution in [1.82, 2.24) is 4.31 Å². The Morgan fingerprint density at radius 3 is 2.55 bits per heavy atom. The minimum absolute atomic E-state index is 0.0539. The fourth-order valence-electron chi connectivity index (χ4n) is 2.20. The molecular formula is C14H22N2O2S2. The monoisotopic (exact) mass is 314 g/mol. The maximum absolute atomic E-state index is 12.5. The highest BCUT2D eigenvalue weighted by Gasteiger charge is 2.29. The third-order valence-corrected chi connectivity index (χ3v) is 6.74. The van der Waals surface area contributed by atoms with Crippen LogP contribution in [0, 0.1) is 0 Å². The van der Waals surface area contributed by atoms with Crippen molar-refractivity contribution in [3.05, 3.63) is 29.8 Å². The third kappa shape index (κ3) is 4.14. The lowest BCUT2D eigenvalue weighted by molar-refractivity contribution is 0.415. The number of sulfonamides is 1. The molecule has 1 fully saturated rings. The largest absolute Gasteiger partial charge is 0.399 e. The fourth-order valence-corrected chi connectivity index (χ4v) is 4.95. The summed E-state index contributed by atoms with van der Waals surface area (Å²) in [5.74, 6) is 0.909. The van der Waals surface area contributed by atoms with Crippen LogP contribution in [0.25, 0.3) is 0 Å². The molecule has 0 bridgehead atoms. The predicted octanol–water partition coefficient (Wildman–Crippen LogP) is 2.32. The lowest BCUT2D eigenvalue weighted by Crippen LogP contribution is -2.34. The third-order valence-electron chi connectivity index (χ3n) is 3.52. The van der Waals surface area contributed by atoms with Crippen molar-refractivity contribution >= 4 is 27.5 Å². The topological polar surface area (TPSA) is 63.4 Å². The summed E-state index contributed by atoms with van der Waals surface area (Å²) in [6.07, 6.45) is 0.888. The molecule has 1 saturated heterocycles. The number of hydrogen-bond acceptors (Lipinski definition) is 4. The van der Waals surface area contributed by atoms with Gasteiger partial charge in [0.05, 0.1) is 5.75 Å². The summed E-state index contributed by atoms with van der Waals surface area (Å²) in [5, 5.41) is 0. The van der Waals surface area contributed by atoms with Gasteiger partial charge in [0.1, 0.15) is 0 Å². The molecule has 0 atom stereocenters. The molecule has 0 spiro atoms. The number of benzene rings is 1. The maximum Gasteiger partial charge on any atom is 0.218 e. The molecule has 4 nitrogen and oxygen atoms in total. The molecule has 1 aliphatic heterocycles. The molecule has 1 aromatic carbocycles. The van der Waals surface area contributed by atoms with Crippen LogP contribution in [0.3, 0.4) is 0 Å². The Balaban J connectivity index is 2.08. The van der Waals surface area contributed by atoms with Crippen molar-refractivity contribution < 1.29 is 8.42 Å². The van der Waals surface area contributed by atoms with Gasteiger partial charge in [-0.2, -0.15) is 11.8 Å². The van der Waals surface area contributed by atoms with Crippen molar-refractivity contribution in [1.29, 1.82) is 0 Å². The number of nitrogen functional groups attached to an aromatic ring is 1. The van der Waals surface area contributed by atoms with Crippen LogP contribution in [-0.2, 0) is 15.8 Å². The van der Waals surface area contributed by atoms with Crippen molar-refractivity contribution in [3.63, 3.8) is 0 Å². The molecule has 2 N–H and O–H groups in total. The van der Waals surface area contributed by atoms with Crippen molar-refractivity contribution in [3.8, 4) is 0 Å². The van der Waals surface area contributed by atoms with Crippen molar-refractivity contribution in [2.45, 2.75) is 30.8 Å². The Hall–Kier alpha value is -0.720. The number of rotatable bonds is 3. The summed E-state index contributed by atoms with van der Waals surface area (Å²) in [6, 6.07) is 7.05. The van der Waals surface area contributed by atoms with Gasteiger partial charge < -0.3 is 5.73 Å². The van der Waals surface area contributed by atoms with Crippen LogP contribution in [0.15, 0.2) is 24.3 Å². The van der Waals surface area contributed by atoms with E-state index in [9.17, 15) is 8.42 Å². The first-order valence-corrected chi connectivity index (χ1v) is 9.34. The van der Waals surface area contributed by atoms with Crippen LogP contribution in [0.1, 0.15) is 25.8 Å². The SMILES string of the molecule is CC1(C)CCN(S(=O)(=O)Cc2ccc(N)cc2)CCS1. The lowest BCUT2D eigenvalue weighted by atomic mass is 10.1. The van der Waals surface area contributed by atoms with E-state index in [1.807, 2.05) is 11.8 Å². The van der Waals surface area contributed by atoms with Crippen molar-refractivity contribution in [2.24, 2.45) is 0 Å². The molecule has 0 radical (unpaired) electrons. The highest BCUT2D eigenvalue weighted by Crippen LogP contribution is 2.31. The number of nitrogens with zero attached hydrogens (tertiary/aromatic N) is 1. The number of nitrogens with two attached hydrogens (primary N) is 1. The molecule has 0 unspecified atom stereocenters. The van der Waals surface area contributed by atoms with Gasteiger partial charge >= 0.3 is 0 Å². The second-order valence-corrected chi connectivity index (χ2v) is 9.53. The predicted molar refractivity (Wildman–Crippen MR) is 86.2 cm³/mol. The first-order chi connectivity index (χ1) is 9.28. The Labute approximate surface area is 125 Å². The highest BCUT2D eigenvalue weighted by molar-refractivity contribution is 8.00. The van der Waals surface area contributed by atoms with E-state index in [1.54, 1.807) is 28.6 Å². The highest BCUT2D eigenvalue weighted by atomic mass is 32.2. The summed E-state index contributed by atoms with van der Waals surface area (Å²) in [6.45, 7) is 5.56. The van der Waals surface area contributed by atoms with Gasteiger partial charge in [-0.3, -0.25) is 0 Å². The van der Waals surface area contributed by atoms with Gasteiger partial charge in [-0.1, -0.05) is 26.0 Å². The summed E-state index contributed by atoms with van der Waals surface area (Å²) in [5.41, 5.74) is 7.06. The van der Waals surface area contributed by atoms with Gasteiger partial charge in [-0.15, -0.1) is 0 Å². The minimum atomic E-state index is -3.24. The molecule has 1 aromatic rings. The molecule has 6 heteroatoms. The first kappa shape index (κ1) is 15.7. The van der Waals surface area contributed by atoms with Crippen LogP contribution >= 0.6 is 11.8 Å². The fraction of sp³-hybridized carbons (Fsp3) is 0.571. The van der Waals surface area contributed by atoms with Crippen LogP contribution < -0.4 is 5.73 Å². The van der Waals surface area contributed by atoms with E-state index >= 15 is 0 Å². The van der Waals surface area contributed by atoms with E-state index in [0.29, 0.717) is 18.8 Å². The molecular weight excluding hydrogens is 292 g/mol. The molecule has 112 valence electrons. The lowest BCUT2D eigenvalue weighted by Gasteiger charge is -2.22. The van der Waals surface area contributed by atoms with E-state index in [0.717, 1.165) is 17.7 Å². The van der Waals surface area contributed by atoms with E-state index in [-0.39, 0.29) is 10.5 Å². The normalized spacial score (nSPS) is 20.5. The van der Waals surface area contributed by atoms with Crippen molar-refractivity contribution in [2.75, 3.05) is 24.6 Å². The van der Waals surface area contributed by atoms with E-state index in [2.05, 4.69) is 13.8 Å². The van der Waals surface area contributed by atoms with E-state index in [1.165, 1.54) is 0 Å².